The Bertz CT molecular complexity index is 1290. The standard InChI is InChI=1S/C28H24O5S/c1-18(29)24-17-34-27(25(24)30)26(33-23-9-4-3-5-10-23)22-8-6-7-20(16-22)15-19-11-13-21(14-12-19)28(31)32-2/h3-14,16-17,26,30H,15H2,1-2H3. The Morgan fingerprint density at radius 2 is 1.68 bits per heavy atom. The number of thiophene rings is 1. The van der Waals surface area contributed by atoms with Crippen molar-refractivity contribution in [2.24, 2.45) is 0 Å². The molecule has 0 radical (unpaired) electrons. The van der Waals surface area contributed by atoms with Crippen molar-refractivity contribution in [3.8, 4) is 11.5 Å². The largest absolute Gasteiger partial charge is 0.506 e. The summed E-state index contributed by atoms with van der Waals surface area (Å²) < 4.78 is 11.1. The number of Topliss-reactive ketones (excluding diaryl/α,β-unsaturated/α-hetero) is 1. The molecular weight excluding hydrogens is 448 g/mol. The van der Waals surface area contributed by atoms with Gasteiger partial charge in [0, 0.05) is 5.38 Å². The fourth-order valence-corrected chi connectivity index (χ4v) is 4.74. The first-order valence-corrected chi connectivity index (χ1v) is 11.6. The fraction of sp³-hybridized carbons (Fsp3) is 0.143. The van der Waals surface area contributed by atoms with Gasteiger partial charge in [0.2, 0.25) is 0 Å². The molecule has 4 rings (SSSR count). The monoisotopic (exact) mass is 472 g/mol. The van der Waals surface area contributed by atoms with E-state index >= 15 is 0 Å². The lowest BCUT2D eigenvalue weighted by molar-refractivity contribution is 0.0600. The van der Waals surface area contributed by atoms with Crippen LogP contribution in [0.4, 0.5) is 0 Å². The minimum absolute atomic E-state index is 0.0396. The second-order valence-corrected chi connectivity index (χ2v) is 8.75. The smallest absolute Gasteiger partial charge is 0.337 e. The van der Waals surface area contributed by atoms with Gasteiger partial charge in [0.1, 0.15) is 11.5 Å². The molecule has 0 bridgehead atoms. The van der Waals surface area contributed by atoms with Crippen molar-refractivity contribution in [2.45, 2.75) is 19.4 Å². The van der Waals surface area contributed by atoms with Crippen LogP contribution < -0.4 is 4.74 Å². The topological polar surface area (TPSA) is 72.8 Å². The predicted octanol–water partition coefficient (Wildman–Crippen LogP) is 6.20. The van der Waals surface area contributed by atoms with Crippen LogP contribution in [0.2, 0.25) is 0 Å². The molecule has 0 aliphatic heterocycles. The highest BCUT2D eigenvalue weighted by Gasteiger charge is 2.25. The molecule has 1 atom stereocenters. The minimum atomic E-state index is -0.581. The van der Waals surface area contributed by atoms with E-state index < -0.39 is 6.10 Å². The maximum atomic E-state index is 11.9. The average Bonchev–Trinajstić information content (AvgIpc) is 3.24. The zero-order valence-electron chi connectivity index (χ0n) is 18.9. The van der Waals surface area contributed by atoms with Gasteiger partial charge in [-0.05, 0) is 54.3 Å². The summed E-state index contributed by atoms with van der Waals surface area (Å²) in [6.07, 6.45) is 0.0739. The van der Waals surface area contributed by atoms with Gasteiger partial charge in [-0.1, -0.05) is 54.6 Å². The highest BCUT2D eigenvalue weighted by Crippen LogP contribution is 2.40. The summed E-state index contributed by atoms with van der Waals surface area (Å²) in [6.45, 7) is 1.44. The number of ketones is 1. The second-order valence-electron chi connectivity index (χ2n) is 7.84. The summed E-state index contributed by atoms with van der Waals surface area (Å²) in [5.41, 5.74) is 3.75. The molecule has 3 aromatic carbocycles. The molecular formula is C28H24O5S. The van der Waals surface area contributed by atoms with Gasteiger partial charge in [0.15, 0.2) is 11.9 Å². The molecule has 0 amide bonds. The maximum Gasteiger partial charge on any atom is 0.337 e. The van der Waals surface area contributed by atoms with Gasteiger partial charge in [0.05, 0.1) is 23.1 Å². The molecule has 34 heavy (non-hydrogen) atoms. The van der Waals surface area contributed by atoms with Crippen molar-refractivity contribution in [2.75, 3.05) is 7.11 Å². The predicted molar refractivity (Wildman–Crippen MR) is 132 cm³/mol. The number of carbonyl (C=O) groups is 2. The number of carbonyl (C=O) groups excluding carboxylic acids is 2. The Kier molecular flexibility index (Phi) is 7.09. The molecule has 0 fully saturated rings. The van der Waals surface area contributed by atoms with Crippen LogP contribution >= 0.6 is 11.3 Å². The summed E-state index contributed by atoms with van der Waals surface area (Å²) in [4.78, 5) is 24.2. The van der Waals surface area contributed by atoms with E-state index in [1.807, 2.05) is 66.7 Å². The molecule has 1 unspecified atom stereocenters. The third kappa shape index (κ3) is 5.18. The minimum Gasteiger partial charge on any atom is -0.506 e. The first-order valence-electron chi connectivity index (χ1n) is 10.8. The normalized spacial score (nSPS) is 11.6. The molecule has 0 saturated carbocycles. The van der Waals surface area contributed by atoms with Crippen molar-refractivity contribution in [3.63, 3.8) is 0 Å². The van der Waals surface area contributed by atoms with E-state index in [4.69, 9.17) is 9.47 Å². The summed E-state index contributed by atoms with van der Waals surface area (Å²) >= 11 is 1.30. The third-order valence-electron chi connectivity index (χ3n) is 5.44. The van der Waals surface area contributed by atoms with Gasteiger partial charge in [-0.25, -0.2) is 4.79 Å². The third-order valence-corrected chi connectivity index (χ3v) is 6.46. The van der Waals surface area contributed by atoms with Gasteiger partial charge >= 0.3 is 5.97 Å². The van der Waals surface area contributed by atoms with Crippen molar-refractivity contribution < 1.29 is 24.2 Å². The van der Waals surface area contributed by atoms with E-state index in [1.165, 1.54) is 25.4 Å². The first-order chi connectivity index (χ1) is 16.5. The van der Waals surface area contributed by atoms with Crippen molar-refractivity contribution >= 4 is 23.1 Å². The molecule has 0 aliphatic rings. The lowest BCUT2D eigenvalue weighted by Crippen LogP contribution is -2.09. The number of methoxy groups -OCH3 is 1. The van der Waals surface area contributed by atoms with E-state index in [0.29, 0.717) is 28.2 Å². The van der Waals surface area contributed by atoms with Crippen LogP contribution in [0.3, 0.4) is 0 Å². The quantitative estimate of drug-likeness (QED) is 0.244. The van der Waals surface area contributed by atoms with Crippen LogP contribution in [-0.2, 0) is 11.2 Å². The maximum absolute atomic E-state index is 11.9. The van der Waals surface area contributed by atoms with Crippen LogP contribution in [0.25, 0.3) is 0 Å². The Balaban J connectivity index is 1.66. The second kappa shape index (κ2) is 10.4. The van der Waals surface area contributed by atoms with Gasteiger partial charge in [0.25, 0.3) is 0 Å². The van der Waals surface area contributed by atoms with Crippen molar-refractivity contribution in [3.05, 3.63) is 117 Å². The highest BCUT2D eigenvalue weighted by molar-refractivity contribution is 7.10. The summed E-state index contributed by atoms with van der Waals surface area (Å²) in [5, 5.41) is 12.4. The van der Waals surface area contributed by atoms with Crippen LogP contribution in [-0.4, -0.2) is 24.0 Å². The molecule has 6 heteroatoms. The summed E-state index contributed by atoms with van der Waals surface area (Å²) in [6, 6.07) is 24.7. The number of hydrogen-bond donors (Lipinski definition) is 1. The number of aromatic hydroxyl groups is 1. The molecule has 1 aromatic heterocycles. The SMILES string of the molecule is COC(=O)c1ccc(Cc2cccc(C(Oc3ccccc3)c3scc(C(C)=O)c3O)c2)cc1. The zero-order valence-corrected chi connectivity index (χ0v) is 19.7. The number of benzene rings is 3. The molecule has 1 heterocycles. The molecule has 0 saturated heterocycles. The lowest BCUT2D eigenvalue weighted by Gasteiger charge is -2.20. The first kappa shape index (κ1) is 23.3. The van der Waals surface area contributed by atoms with Crippen LogP contribution in [0.15, 0.2) is 84.2 Å². The number of hydrogen-bond acceptors (Lipinski definition) is 6. The fourth-order valence-electron chi connectivity index (χ4n) is 3.69. The van der Waals surface area contributed by atoms with Gasteiger partial charge in [-0.3, -0.25) is 4.79 Å². The molecule has 4 aromatic rings. The van der Waals surface area contributed by atoms with Crippen LogP contribution in [0.5, 0.6) is 11.5 Å². The molecule has 0 spiro atoms. The van der Waals surface area contributed by atoms with Crippen molar-refractivity contribution in [1.82, 2.24) is 0 Å². The summed E-state index contributed by atoms with van der Waals surface area (Å²) in [5.74, 6) is 0.0634. The Hall–Kier alpha value is -3.90. The molecule has 5 nitrogen and oxygen atoms in total. The Morgan fingerprint density at radius 3 is 2.32 bits per heavy atom. The highest BCUT2D eigenvalue weighted by atomic mass is 32.1. The zero-order chi connectivity index (χ0) is 24.1. The number of esters is 1. The molecule has 0 aliphatic carbocycles. The van der Waals surface area contributed by atoms with Crippen LogP contribution in [0.1, 0.15) is 55.3 Å². The van der Waals surface area contributed by atoms with Gasteiger partial charge < -0.3 is 14.6 Å². The van der Waals surface area contributed by atoms with Crippen molar-refractivity contribution in [1.29, 1.82) is 0 Å². The van der Waals surface area contributed by atoms with E-state index in [9.17, 15) is 14.7 Å². The van der Waals surface area contributed by atoms with Crippen LogP contribution in [0, 0.1) is 0 Å². The van der Waals surface area contributed by atoms with Gasteiger partial charge in [-0.2, -0.15) is 0 Å². The average molecular weight is 473 g/mol. The number of ether oxygens (including phenoxy) is 2. The Labute approximate surface area is 202 Å². The molecule has 1 N–H and O–H groups in total. The lowest BCUT2D eigenvalue weighted by atomic mass is 9.98. The van der Waals surface area contributed by atoms with E-state index in [1.54, 1.807) is 17.5 Å². The van der Waals surface area contributed by atoms with E-state index in [0.717, 1.165) is 16.7 Å². The van der Waals surface area contributed by atoms with Gasteiger partial charge in [-0.15, -0.1) is 11.3 Å². The number of rotatable bonds is 8. The molecule has 172 valence electrons. The van der Waals surface area contributed by atoms with E-state index in [-0.39, 0.29) is 17.5 Å². The summed E-state index contributed by atoms with van der Waals surface area (Å²) in [7, 11) is 1.36. The van der Waals surface area contributed by atoms with E-state index in [2.05, 4.69) is 0 Å². The Morgan fingerprint density at radius 1 is 0.941 bits per heavy atom. The number of para-hydroxylation sites is 1.